The fourth-order valence-corrected chi connectivity index (χ4v) is 2.87. The van der Waals surface area contributed by atoms with Crippen molar-refractivity contribution in [2.45, 2.75) is 57.5 Å². The summed E-state index contributed by atoms with van der Waals surface area (Å²) in [6, 6.07) is 3.20. The van der Waals surface area contributed by atoms with Crippen LogP contribution >= 0.6 is 0 Å². The van der Waals surface area contributed by atoms with Gasteiger partial charge < -0.3 is 11.1 Å². The number of carbonyl (C=O) groups excluding carboxylic acids is 2. The molecule has 1 aromatic carbocycles. The molecule has 4 nitrogen and oxygen atoms in total. The fourth-order valence-electron chi connectivity index (χ4n) is 1.95. The molecular weight excluding hydrogens is 373 g/mol. The Morgan fingerprint density at radius 2 is 1.74 bits per heavy atom. The van der Waals surface area contributed by atoms with Crippen LogP contribution < -0.4 is 11.1 Å². The van der Waals surface area contributed by atoms with Crippen molar-refractivity contribution in [1.82, 2.24) is 5.32 Å². The van der Waals surface area contributed by atoms with Gasteiger partial charge in [0.25, 0.3) is 5.91 Å². The first-order chi connectivity index (χ1) is 12.2. The molecule has 1 rings (SSSR count). The number of amides is 2. The fraction of sp³-hybridized carbons (Fsp3) is 0.474. The molecule has 0 aliphatic carbocycles. The van der Waals surface area contributed by atoms with E-state index in [0.717, 1.165) is 12.1 Å². The number of hydrogen-bond acceptors (Lipinski definition) is 2. The second-order valence-corrected chi connectivity index (χ2v) is 12.9. The molecule has 0 aromatic heterocycles. The summed E-state index contributed by atoms with van der Waals surface area (Å²) in [7, 11) is -1.92. The maximum atomic E-state index is 13.1. The van der Waals surface area contributed by atoms with Crippen LogP contribution in [0.2, 0.25) is 18.1 Å². The Morgan fingerprint density at radius 3 is 2.22 bits per heavy atom. The SMILES string of the molecule is CC(C)(C)[Si](C)(C)C#CC[C@@H](NC(=O)c1ccccc1C(F)(F)F)C(N)=O. The van der Waals surface area contributed by atoms with E-state index < -0.39 is 43.2 Å². The average Bonchev–Trinajstić information content (AvgIpc) is 2.51. The topological polar surface area (TPSA) is 72.2 Å². The lowest BCUT2D eigenvalue weighted by Crippen LogP contribution is -2.44. The van der Waals surface area contributed by atoms with E-state index in [4.69, 9.17) is 5.73 Å². The molecule has 0 heterocycles. The molecule has 0 bridgehead atoms. The third-order valence-corrected chi connectivity index (χ3v) is 9.26. The van der Waals surface area contributed by atoms with Gasteiger partial charge >= 0.3 is 6.18 Å². The van der Waals surface area contributed by atoms with Crippen LogP contribution in [-0.2, 0) is 11.0 Å². The standard InChI is InChI=1S/C19H25F3N2O2Si/c1-18(2,3)27(4,5)12-8-11-15(16(23)25)24-17(26)13-9-6-7-10-14(13)19(20,21)22/h6-7,9-10,15H,11H2,1-5H3,(H2,23,25)(H,24,26)/t15-/m1/s1. The predicted octanol–water partition coefficient (Wildman–Crippen LogP) is 3.73. The van der Waals surface area contributed by atoms with Gasteiger partial charge in [-0.1, -0.05) is 46.0 Å². The van der Waals surface area contributed by atoms with Crippen molar-refractivity contribution in [3.63, 3.8) is 0 Å². The quantitative estimate of drug-likeness (QED) is 0.599. The molecule has 0 radical (unpaired) electrons. The summed E-state index contributed by atoms with van der Waals surface area (Å²) in [6.45, 7) is 10.4. The third kappa shape index (κ3) is 6.14. The molecule has 0 saturated carbocycles. The van der Waals surface area contributed by atoms with E-state index in [0.29, 0.717) is 0 Å². The molecule has 0 saturated heterocycles. The molecule has 27 heavy (non-hydrogen) atoms. The Morgan fingerprint density at radius 1 is 1.19 bits per heavy atom. The Labute approximate surface area is 158 Å². The summed E-state index contributed by atoms with van der Waals surface area (Å²) in [6.07, 6.45) is -4.74. The number of carbonyl (C=O) groups is 2. The molecule has 0 unspecified atom stereocenters. The second-order valence-electron chi connectivity index (χ2n) is 7.85. The van der Waals surface area contributed by atoms with Crippen LogP contribution in [-0.4, -0.2) is 25.9 Å². The van der Waals surface area contributed by atoms with Crippen molar-refractivity contribution in [2.24, 2.45) is 5.73 Å². The summed E-state index contributed by atoms with van der Waals surface area (Å²) < 4.78 is 39.2. The third-order valence-electron chi connectivity index (χ3n) is 4.71. The van der Waals surface area contributed by atoms with Crippen LogP contribution in [0.3, 0.4) is 0 Å². The van der Waals surface area contributed by atoms with Gasteiger partial charge in [0.2, 0.25) is 5.91 Å². The second kappa shape index (κ2) is 8.17. The van der Waals surface area contributed by atoms with Crippen molar-refractivity contribution in [3.05, 3.63) is 35.4 Å². The zero-order valence-electron chi connectivity index (χ0n) is 16.1. The zero-order valence-corrected chi connectivity index (χ0v) is 17.1. The van der Waals surface area contributed by atoms with E-state index in [1.807, 2.05) is 0 Å². The normalized spacial score (nSPS) is 13.3. The van der Waals surface area contributed by atoms with Gasteiger partial charge in [0, 0.05) is 6.42 Å². The molecule has 148 valence electrons. The maximum absolute atomic E-state index is 13.1. The lowest BCUT2D eigenvalue weighted by Gasteiger charge is -2.31. The minimum atomic E-state index is -4.68. The largest absolute Gasteiger partial charge is 0.417 e. The maximum Gasteiger partial charge on any atom is 0.417 e. The summed E-state index contributed by atoms with van der Waals surface area (Å²) in [5.41, 5.74) is 6.84. The molecular formula is C19H25F3N2O2Si. The summed E-state index contributed by atoms with van der Waals surface area (Å²) in [5, 5.41) is 2.28. The van der Waals surface area contributed by atoms with E-state index in [2.05, 4.69) is 50.6 Å². The van der Waals surface area contributed by atoms with E-state index in [-0.39, 0.29) is 11.5 Å². The van der Waals surface area contributed by atoms with E-state index >= 15 is 0 Å². The van der Waals surface area contributed by atoms with Gasteiger partial charge in [-0.05, 0) is 17.2 Å². The van der Waals surface area contributed by atoms with Gasteiger partial charge in [-0.2, -0.15) is 13.2 Å². The van der Waals surface area contributed by atoms with Gasteiger partial charge in [0.15, 0.2) is 0 Å². The Hall–Kier alpha value is -2.27. The first-order valence-corrected chi connectivity index (χ1v) is 11.4. The van der Waals surface area contributed by atoms with E-state index in [9.17, 15) is 22.8 Å². The average molecular weight is 399 g/mol. The molecule has 3 N–H and O–H groups in total. The monoisotopic (exact) mass is 398 g/mol. The van der Waals surface area contributed by atoms with Crippen LogP contribution in [0.25, 0.3) is 0 Å². The molecule has 0 aliphatic rings. The number of halogens is 3. The molecule has 0 spiro atoms. The molecule has 1 aromatic rings. The number of nitrogens with two attached hydrogens (primary N) is 1. The number of primary amides is 1. The van der Waals surface area contributed by atoms with E-state index in [1.165, 1.54) is 12.1 Å². The minimum absolute atomic E-state index is 0.0110. The van der Waals surface area contributed by atoms with Gasteiger partial charge in [-0.25, -0.2) is 0 Å². The molecule has 2 amide bonds. The first-order valence-electron chi connectivity index (χ1n) is 8.43. The van der Waals surface area contributed by atoms with Crippen molar-refractivity contribution < 1.29 is 22.8 Å². The Balaban J connectivity index is 3.01. The highest BCUT2D eigenvalue weighted by atomic mass is 28.3. The lowest BCUT2D eigenvalue weighted by atomic mass is 10.1. The number of alkyl halides is 3. The predicted molar refractivity (Wildman–Crippen MR) is 101 cm³/mol. The van der Waals surface area contributed by atoms with E-state index in [1.54, 1.807) is 0 Å². The number of rotatable bonds is 4. The molecule has 0 fully saturated rings. The number of benzene rings is 1. The van der Waals surface area contributed by atoms with Crippen molar-refractivity contribution >= 4 is 19.9 Å². The van der Waals surface area contributed by atoms with Crippen LogP contribution in [0.15, 0.2) is 24.3 Å². The van der Waals surface area contributed by atoms with Crippen molar-refractivity contribution in [3.8, 4) is 11.5 Å². The zero-order chi connectivity index (χ0) is 21.0. The lowest BCUT2D eigenvalue weighted by molar-refractivity contribution is -0.137. The number of hydrogen-bond donors (Lipinski definition) is 2. The highest BCUT2D eigenvalue weighted by molar-refractivity contribution is 6.87. The Kier molecular flexibility index (Phi) is 6.89. The van der Waals surface area contributed by atoms with Crippen LogP contribution in [0, 0.1) is 11.5 Å². The summed E-state index contributed by atoms with van der Waals surface area (Å²) >= 11 is 0. The van der Waals surface area contributed by atoms with Crippen LogP contribution in [0.1, 0.15) is 43.1 Å². The van der Waals surface area contributed by atoms with Crippen molar-refractivity contribution in [2.75, 3.05) is 0 Å². The summed E-state index contributed by atoms with van der Waals surface area (Å²) in [4.78, 5) is 23.9. The highest BCUT2D eigenvalue weighted by Gasteiger charge is 2.36. The van der Waals surface area contributed by atoms with Crippen LogP contribution in [0.4, 0.5) is 13.2 Å². The molecule has 0 aliphatic heterocycles. The Bertz CT molecular complexity index is 772. The minimum Gasteiger partial charge on any atom is -0.368 e. The van der Waals surface area contributed by atoms with Crippen LogP contribution in [0.5, 0.6) is 0 Å². The smallest absolute Gasteiger partial charge is 0.368 e. The number of nitrogens with one attached hydrogen (secondary N) is 1. The van der Waals surface area contributed by atoms with Gasteiger partial charge in [-0.3, -0.25) is 9.59 Å². The molecule has 8 heteroatoms. The van der Waals surface area contributed by atoms with Gasteiger partial charge in [-0.15, -0.1) is 11.5 Å². The van der Waals surface area contributed by atoms with Crippen molar-refractivity contribution in [1.29, 1.82) is 0 Å². The molecule has 1 atom stereocenters. The van der Waals surface area contributed by atoms with Gasteiger partial charge in [0.05, 0.1) is 11.1 Å². The summed E-state index contributed by atoms with van der Waals surface area (Å²) in [5.74, 6) is 1.03. The van der Waals surface area contributed by atoms with Gasteiger partial charge in [0.1, 0.15) is 14.1 Å². The first kappa shape index (κ1) is 22.8. The highest BCUT2D eigenvalue weighted by Crippen LogP contribution is 2.35.